The molecule has 3 heterocycles. The smallest absolute Gasteiger partial charge is 0.271 e. The lowest BCUT2D eigenvalue weighted by molar-refractivity contribution is -0.923. The lowest BCUT2D eigenvalue weighted by atomic mass is 10.0. The Hall–Kier alpha value is -2.47. The standard InChI is InChI=1S/C19H22N4O2/c1-13-7-6-10-23(11-13)12-16-20-21-19(24-16)17-14(2)25-22-18(17)15-8-4-3-5-9-15/h3-5,8-9,13H,6-7,10-12H2,1-2H3/p+1/t13-/m0/s1. The van der Waals surface area contributed by atoms with Crippen LogP contribution in [0, 0.1) is 12.8 Å². The van der Waals surface area contributed by atoms with Crippen molar-refractivity contribution < 1.29 is 13.8 Å². The molecule has 1 aliphatic heterocycles. The lowest BCUT2D eigenvalue weighted by Gasteiger charge is -2.26. The fourth-order valence-electron chi connectivity index (χ4n) is 3.62. The van der Waals surface area contributed by atoms with Crippen LogP contribution < -0.4 is 4.90 Å². The number of nitrogens with zero attached hydrogens (tertiary/aromatic N) is 3. The molecular weight excluding hydrogens is 316 g/mol. The van der Waals surface area contributed by atoms with Gasteiger partial charge in [-0.3, -0.25) is 0 Å². The average Bonchev–Trinajstić information content (AvgIpc) is 3.22. The van der Waals surface area contributed by atoms with Gasteiger partial charge in [0.25, 0.3) is 11.8 Å². The van der Waals surface area contributed by atoms with Crippen molar-refractivity contribution in [1.82, 2.24) is 15.4 Å². The fourth-order valence-corrected chi connectivity index (χ4v) is 3.62. The van der Waals surface area contributed by atoms with Gasteiger partial charge < -0.3 is 13.8 Å². The molecule has 0 bridgehead atoms. The Morgan fingerprint density at radius 3 is 2.84 bits per heavy atom. The van der Waals surface area contributed by atoms with Gasteiger partial charge in [0, 0.05) is 11.5 Å². The minimum atomic E-state index is 0.483. The lowest BCUT2D eigenvalue weighted by Crippen LogP contribution is -3.12. The second-order valence-electron chi connectivity index (χ2n) is 6.96. The van der Waals surface area contributed by atoms with Gasteiger partial charge >= 0.3 is 0 Å². The summed E-state index contributed by atoms with van der Waals surface area (Å²) >= 11 is 0. The van der Waals surface area contributed by atoms with Crippen molar-refractivity contribution in [3.8, 4) is 22.7 Å². The first-order valence-electron chi connectivity index (χ1n) is 8.88. The zero-order chi connectivity index (χ0) is 17.2. The molecule has 0 spiro atoms. The second kappa shape index (κ2) is 6.80. The van der Waals surface area contributed by atoms with Crippen molar-refractivity contribution in [3.05, 3.63) is 42.0 Å². The maximum absolute atomic E-state index is 5.97. The molecule has 130 valence electrons. The molecule has 2 aromatic heterocycles. The quantitative estimate of drug-likeness (QED) is 0.791. The van der Waals surface area contributed by atoms with E-state index in [1.807, 2.05) is 37.3 Å². The van der Waals surface area contributed by atoms with E-state index < -0.39 is 0 Å². The predicted molar refractivity (Wildman–Crippen MR) is 92.8 cm³/mol. The van der Waals surface area contributed by atoms with Crippen LogP contribution >= 0.6 is 0 Å². The summed E-state index contributed by atoms with van der Waals surface area (Å²) in [5.41, 5.74) is 2.50. The minimum Gasteiger partial charge on any atom is -0.415 e. The highest BCUT2D eigenvalue weighted by molar-refractivity contribution is 5.77. The second-order valence-corrected chi connectivity index (χ2v) is 6.96. The van der Waals surface area contributed by atoms with Gasteiger partial charge in [-0.05, 0) is 19.8 Å². The van der Waals surface area contributed by atoms with Gasteiger partial charge in [-0.15, -0.1) is 10.2 Å². The summed E-state index contributed by atoms with van der Waals surface area (Å²) in [4.78, 5) is 1.51. The van der Waals surface area contributed by atoms with E-state index in [-0.39, 0.29) is 0 Å². The van der Waals surface area contributed by atoms with Crippen molar-refractivity contribution in [2.45, 2.75) is 33.2 Å². The Balaban J connectivity index is 1.59. The SMILES string of the molecule is Cc1onc(-c2ccccc2)c1-c1nnc(C[NH+]2CCC[C@H](C)C2)o1. The van der Waals surface area contributed by atoms with Gasteiger partial charge in [0.1, 0.15) is 17.0 Å². The van der Waals surface area contributed by atoms with Crippen LogP contribution in [-0.4, -0.2) is 28.4 Å². The molecule has 3 aromatic rings. The number of likely N-dealkylation sites (tertiary alicyclic amines) is 1. The van der Waals surface area contributed by atoms with E-state index in [4.69, 9.17) is 8.94 Å². The first kappa shape index (κ1) is 16.0. The van der Waals surface area contributed by atoms with Crippen molar-refractivity contribution in [2.75, 3.05) is 13.1 Å². The molecule has 1 saturated heterocycles. The summed E-state index contributed by atoms with van der Waals surface area (Å²) < 4.78 is 11.4. The number of nitrogens with one attached hydrogen (secondary N) is 1. The number of hydrogen-bond donors (Lipinski definition) is 1. The zero-order valence-corrected chi connectivity index (χ0v) is 14.7. The summed E-state index contributed by atoms with van der Waals surface area (Å²) in [6, 6.07) is 9.92. The van der Waals surface area contributed by atoms with Crippen LogP contribution in [0.15, 0.2) is 39.3 Å². The topological polar surface area (TPSA) is 69.4 Å². The summed E-state index contributed by atoms with van der Waals surface area (Å²) in [5.74, 6) is 2.61. The van der Waals surface area contributed by atoms with Crippen molar-refractivity contribution in [3.63, 3.8) is 0 Å². The first-order valence-corrected chi connectivity index (χ1v) is 8.88. The van der Waals surface area contributed by atoms with Crippen LogP contribution in [0.3, 0.4) is 0 Å². The van der Waals surface area contributed by atoms with Crippen LogP contribution in [0.4, 0.5) is 0 Å². The van der Waals surface area contributed by atoms with E-state index in [9.17, 15) is 0 Å². The Kier molecular flexibility index (Phi) is 4.36. The normalized spacial score (nSPS) is 20.7. The van der Waals surface area contributed by atoms with Gasteiger partial charge in [0.05, 0.1) is 13.1 Å². The van der Waals surface area contributed by atoms with Gasteiger partial charge in [-0.1, -0.05) is 42.4 Å². The van der Waals surface area contributed by atoms with Crippen molar-refractivity contribution >= 4 is 0 Å². The van der Waals surface area contributed by atoms with E-state index in [2.05, 4.69) is 22.3 Å². The number of aryl methyl sites for hydroxylation is 1. The van der Waals surface area contributed by atoms with Crippen LogP contribution in [0.2, 0.25) is 0 Å². The van der Waals surface area contributed by atoms with Crippen molar-refractivity contribution in [1.29, 1.82) is 0 Å². The Bertz CT molecular complexity index is 840. The number of rotatable bonds is 4. The molecule has 6 heteroatoms. The maximum Gasteiger partial charge on any atom is 0.271 e. The fraction of sp³-hybridized carbons (Fsp3) is 0.421. The number of aromatic nitrogens is 3. The van der Waals surface area contributed by atoms with Crippen LogP contribution in [-0.2, 0) is 6.54 Å². The predicted octanol–water partition coefficient (Wildman–Crippen LogP) is 2.51. The molecule has 1 N–H and O–H groups in total. The van der Waals surface area contributed by atoms with E-state index in [1.54, 1.807) is 0 Å². The molecule has 1 aromatic carbocycles. The highest BCUT2D eigenvalue weighted by Gasteiger charge is 2.25. The average molecular weight is 339 g/mol. The zero-order valence-electron chi connectivity index (χ0n) is 14.7. The number of hydrogen-bond acceptors (Lipinski definition) is 5. The third kappa shape index (κ3) is 3.35. The molecule has 0 amide bonds. The van der Waals surface area contributed by atoms with E-state index in [0.29, 0.717) is 17.5 Å². The summed E-state index contributed by atoms with van der Waals surface area (Å²) in [5, 5.41) is 12.7. The molecule has 0 saturated carbocycles. The number of benzene rings is 1. The summed E-state index contributed by atoms with van der Waals surface area (Å²) in [6.07, 6.45) is 2.58. The van der Waals surface area contributed by atoms with Crippen LogP contribution in [0.25, 0.3) is 22.7 Å². The molecule has 0 aliphatic carbocycles. The van der Waals surface area contributed by atoms with Crippen LogP contribution in [0.5, 0.6) is 0 Å². The molecule has 2 atom stereocenters. The molecule has 1 fully saturated rings. The van der Waals surface area contributed by atoms with E-state index in [1.165, 1.54) is 30.8 Å². The van der Waals surface area contributed by atoms with E-state index >= 15 is 0 Å². The van der Waals surface area contributed by atoms with Crippen molar-refractivity contribution in [2.24, 2.45) is 5.92 Å². The van der Waals surface area contributed by atoms with Gasteiger partial charge in [0.15, 0.2) is 6.54 Å². The molecule has 1 unspecified atom stereocenters. The molecule has 1 aliphatic rings. The Morgan fingerprint density at radius 2 is 2.04 bits per heavy atom. The number of piperidine rings is 1. The molecule has 0 radical (unpaired) electrons. The maximum atomic E-state index is 5.97. The molecule has 4 rings (SSSR count). The third-order valence-corrected chi connectivity index (χ3v) is 4.86. The minimum absolute atomic E-state index is 0.483. The highest BCUT2D eigenvalue weighted by Crippen LogP contribution is 2.33. The van der Waals surface area contributed by atoms with Gasteiger partial charge in [-0.25, -0.2) is 0 Å². The van der Waals surface area contributed by atoms with E-state index in [0.717, 1.165) is 29.3 Å². The van der Waals surface area contributed by atoms with Crippen LogP contribution in [0.1, 0.15) is 31.4 Å². The molecule has 25 heavy (non-hydrogen) atoms. The highest BCUT2D eigenvalue weighted by atomic mass is 16.5. The molecule has 6 nitrogen and oxygen atoms in total. The third-order valence-electron chi connectivity index (χ3n) is 4.86. The van der Waals surface area contributed by atoms with Gasteiger partial charge in [-0.2, -0.15) is 0 Å². The Morgan fingerprint density at radius 1 is 1.20 bits per heavy atom. The van der Waals surface area contributed by atoms with Gasteiger partial charge in [0.2, 0.25) is 0 Å². The monoisotopic (exact) mass is 339 g/mol. The Labute approximate surface area is 146 Å². The largest absolute Gasteiger partial charge is 0.415 e. The summed E-state index contributed by atoms with van der Waals surface area (Å²) in [7, 11) is 0. The summed E-state index contributed by atoms with van der Waals surface area (Å²) in [6.45, 7) is 7.30. The number of quaternary nitrogens is 1. The molecular formula is C19H23N4O2+. The first-order chi connectivity index (χ1) is 12.2.